The highest BCUT2D eigenvalue weighted by Gasteiger charge is 2.33. The average Bonchev–Trinajstić information content (AvgIpc) is 2.81. The van der Waals surface area contributed by atoms with Crippen molar-refractivity contribution in [1.82, 2.24) is 4.57 Å². The molecule has 1 fully saturated rings. The summed E-state index contributed by atoms with van der Waals surface area (Å²) in [5, 5.41) is 9.28. The van der Waals surface area contributed by atoms with E-state index >= 15 is 0 Å². The second kappa shape index (κ2) is 9.00. The normalized spacial score (nSPS) is 22.6. The Morgan fingerprint density at radius 2 is 1.82 bits per heavy atom. The van der Waals surface area contributed by atoms with E-state index in [2.05, 4.69) is 12.1 Å². The number of carboxylic acids is 1. The molecule has 3 rings (SSSR count). The number of aliphatic carboxylic acids is 1. The standard InChI is InChI=1S/C23H27NO4/c1-16-14-19(23(27)28)10-12-21(25)20(16)11-9-17-5-7-18(8-6-17)15-24-13-3-2-4-22(24)26/h2-8,13,16,19-20H,9-12,14-15H2,1H3,(H,27,28). The SMILES string of the molecule is CC1CC(C(=O)O)CCC(=O)C1CCc1ccc(Cn2ccccc2=O)cc1. The lowest BCUT2D eigenvalue weighted by Gasteiger charge is -2.21. The first-order valence-electron chi connectivity index (χ1n) is 9.93. The van der Waals surface area contributed by atoms with Crippen molar-refractivity contribution in [2.24, 2.45) is 17.8 Å². The number of carbonyl (C=O) groups excluding carboxylic acids is 1. The van der Waals surface area contributed by atoms with Gasteiger partial charge in [0.05, 0.1) is 12.5 Å². The second-order valence-corrected chi connectivity index (χ2v) is 7.88. The smallest absolute Gasteiger partial charge is 0.306 e. The molecule has 1 saturated carbocycles. The van der Waals surface area contributed by atoms with Crippen LogP contribution in [-0.4, -0.2) is 21.4 Å². The Balaban J connectivity index is 1.60. The molecule has 2 aromatic rings. The molecule has 1 aliphatic carbocycles. The lowest BCUT2D eigenvalue weighted by molar-refractivity contribution is -0.142. The minimum absolute atomic E-state index is 0.0212. The molecule has 5 heteroatoms. The Morgan fingerprint density at radius 3 is 2.50 bits per heavy atom. The predicted octanol–water partition coefficient (Wildman–Crippen LogP) is 3.54. The molecule has 0 saturated heterocycles. The van der Waals surface area contributed by atoms with Crippen LogP contribution < -0.4 is 5.56 Å². The summed E-state index contributed by atoms with van der Waals surface area (Å²) in [6.07, 6.45) is 4.74. The second-order valence-electron chi connectivity index (χ2n) is 7.88. The maximum Gasteiger partial charge on any atom is 0.306 e. The fourth-order valence-electron chi connectivity index (χ4n) is 4.14. The molecule has 0 spiro atoms. The molecule has 3 atom stereocenters. The van der Waals surface area contributed by atoms with E-state index in [1.54, 1.807) is 22.9 Å². The highest BCUT2D eigenvalue weighted by atomic mass is 16.4. The first-order chi connectivity index (χ1) is 13.4. The summed E-state index contributed by atoms with van der Waals surface area (Å²) in [6.45, 7) is 2.54. The molecular formula is C23H27NO4. The summed E-state index contributed by atoms with van der Waals surface area (Å²) in [4.78, 5) is 35.6. The van der Waals surface area contributed by atoms with E-state index in [-0.39, 0.29) is 23.2 Å². The number of benzene rings is 1. The minimum atomic E-state index is -0.784. The van der Waals surface area contributed by atoms with E-state index in [1.165, 1.54) is 0 Å². The van der Waals surface area contributed by atoms with E-state index in [9.17, 15) is 19.5 Å². The van der Waals surface area contributed by atoms with Crippen molar-refractivity contribution >= 4 is 11.8 Å². The van der Waals surface area contributed by atoms with Gasteiger partial charge in [-0.3, -0.25) is 14.4 Å². The maximum absolute atomic E-state index is 12.5. The van der Waals surface area contributed by atoms with Gasteiger partial charge in [0.15, 0.2) is 0 Å². The fraction of sp³-hybridized carbons (Fsp3) is 0.435. The lowest BCUT2D eigenvalue weighted by Crippen LogP contribution is -2.22. The van der Waals surface area contributed by atoms with Crippen LogP contribution in [0.3, 0.4) is 0 Å². The summed E-state index contributed by atoms with van der Waals surface area (Å²) in [6, 6.07) is 13.3. The Hall–Kier alpha value is -2.69. The number of ketones is 1. The monoisotopic (exact) mass is 381 g/mol. The number of pyridine rings is 1. The van der Waals surface area contributed by atoms with Gasteiger partial charge in [-0.05, 0) is 48.8 Å². The van der Waals surface area contributed by atoms with Crippen molar-refractivity contribution in [2.45, 2.75) is 45.6 Å². The van der Waals surface area contributed by atoms with Gasteiger partial charge in [-0.1, -0.05) is 37.3 Å². The molecule has 28 heavy (non-hydrogen) atoms. The number of rotatable bonds is 6. The van der Waals surface area contributed by atoms with Gasteiger partial charge in [0.2, 0.25) is 0 Å². The molecule has 1 N–H and O–H groups in total. The Labute approximate surface area is 165 Å². The number of Topliss-reactive ketones (excluding diaryl/α,β-unsaturated/α-hetero) is 1. The molecule has 1 aliphatic rings. The van der Waals surface area contributed by atoms with Crippen LogP contribution in [0, 0.1) is 17.8 Å². The summed E-state index contributed by atoms with van der Waals surface area (Å²) in [7, 11) is 0. The molecule has 0 aliphatic heterocycles. The number of aromatic nitrogens is 1. The molecule has 0 bridgehead atoms. The number of aryl methyl sites for hydroxylation is 1. The number of hydrogen-bond donors (Lipinski definition) is 1. The van der Waals surface area contributed by atoms with Crippen LogP contribution in [-0.2, 0) is 22.6 Å². The fourth-order valence-corrected chi connectivity index (χ4v) is 4.14. The largest absolute Gasteiger partial charge is 0.481 e. The van der Waals surface area contributed by atoms with Crippen LogP contribution in [0.2, 0.25) is 0 Å². The summed E-state index contributed by atoms with van der Waals surface area (Å²) >= 11 is 0. The van der Waals surface area contributed by atoms with Crippen LogP contribution in [0.5, 0.6) is 0 Å². The summed E-state index contributed by atoms with van der Waals surface area (Å²) in [5.41, 5.74) is 2.19. The molecule has 1 aromatic carbocycles. The van der Waals surface area contributed by atoms with Crippen LogP contribution in [0.25, 0.3) is 0 Å². The Morgan fingerprint density at radius 1 is 1.11 bits per heavy atom. The van der Waals surface area contributed by atoms with Gasteiger partial charge in [-0.25, -0.2) is 0 Å². The zero-order valence-electron chi connectivity index (χ0n) is 16.2. The highest BCUT2D eigenvalue weighted by Crippen LogP contribution is 2.32. The van der Waals surface area contributed by atoms with Crippen LogP contribution in [0.1, 0.15) is 43.7 Å². The first-order valence-corrected chi connectivity index (χ1v) is 9.93. The van der Waals surface area contributed by atoms with Gasteiger partial charge in [0.1, 0.15) is 5.78 Å². The molecule has 5 nitrogen and oxygen atoms in total. The Kier molecular flexibility index (Phi) is 6.45. The van der Waals surface area contributed by atoms with Crippen molar-refractivity contribution in [2.75, 3.05) is 0 Å². The molecule has 0 amide bonds. The number of nitrogens with zero attached hydrogens (tertiary/aromatic N) is 1. The lowest BCUT2D eigenvalue weighted by atomic mass is 9.83. The minimum Gasteiger partial charge on any atom is -0.481 e. The van der Waals surface area contributed by atoms with E-state index in [4.69, 9.17) is 0 Å². The van der Waals surface area contributed by atoms with Crippen LogP contribution in [0.4, 0.5) is 0 Å². The molecule has 1 aromatic heterocycles. The van der Waals surface area contributed by atoms with Crippen molar-refractivity contribution in [3.8, 4) is 0 Å². The van der Waals surface area contributed by atoms with Gasteiger partial charge >= 0.3 is 5.97 Å². The van der Waals surface area contributed by atoms with E-state index in [0.717, 1.165) is 24.0 Å². The predicted molar refractivity (Wildman–Crippen MR) is 107 cm³/mol. The first kappa shape index (κ1) is 20.1. The third kappa shape index (κ3) is 4.97. The zero-order valence-corrected chi connectivity index (χ0v) is 16.2. The van der Waals surface area contributed by atoms with E-state index < -0.39 is 11.9 Å². The van der Waals surface area contributed by atoms with E-state index in [0.29, 0.717) is 25.8 Å². The molecule has 3 unspecified atom stereocenters. The third-order valence-corrected chi connectivity index (χ3v) is 5.86. The van der Waals surface area contributed by atoms with Gasteiger partial charge in [0.25, 0.3) is 5.56 Å². The van der Waals surface area contributed by atoms with Crippen molar-refractivity contribution in [3.63, 3.8) is 0 Å². The van der Waals surface area contributed by atoms with Gasteiger partial charge in [-0.2, -0.15) is 0 Å². The number of carbonyl (C=O) groups is 2. The average molecular weight is 381 g/mol. The number of carboxylic acid groups (broad SMARTS) is 1. The summed E-state index contributed by atoms with van der Waals surface area (Å²) in [5.74, 6) is -0.943. The quantitative estimate of drug-likeness (QED) is 0.777. The maximum atomic E-state index is 12.5. The van der Waals surface area contributed by atoms with E-state index in [1.807, 2.05) is 25.1 Å². The van der Waals surface area contributed by atoms with Crippen molar-refractivity contribution < 1.29 is 14.7 Å². The van der Waals surface area contributed by atoms with Crippen molar-refractivity contribution in [1.29, 1.82) is 0 Å². The van der Waals surface area contributed by atoms with Crippen LogP contribution >= 0.6 is 0 Å². The van der Waals surface area contributed by atoms with Gasteiger partial charge < -0.3 is 9.67 Å². The number of hydrogen-bond acceptors (Lipinski definition) is 3. The molecular weight excluding hydrogens is 354 g/mol. The topological polar surface area (TPSA) is 76.4 Å². The third-order valence-electron chi connectivity index (χ3n) is 5.86. The summed E-state index contributed by atoms with van der Waals surface area (Å²) < 4.78 is 1.67. The molecule has 148 valence electrons. The molecule has 0 radical (unpaired) electrons. The van der Waals surface area contributed by atoms with Gasteiger partial charge in [0, 0.05) is 24.6 Å². The Bertz CT molecular complexity index is 884. The molecule has 1 heterocycles. The van der Waals surface area contributed by atoms with Crippen molar-refractivity contribution in [3.05, 3.63) is 70.1 Å². The van der Waals surface area contributed by atoms with Crippen LogP contribution in [0.15, 0.2) is 53.5 Å². The zero-order chi connectivity index (χ0) is 20.1. The highest BCUT2D eigenvalue weighted by molar-refractivity contribution is 5.82. The van der Waals surface area contributed by atoms with Gasteiger partial charge in [-0.15, -0.1) is 0 Å².